The van der Waals surface area contributed by atoms with Crippen LogP contribution in [0.3, 0.4) is 0 Å². The zero-order valence-electron chi connectivity index (χ0n) is 22.1. The van der Waals surface area contributed by atoms with E-state index in [0.29, 0.717) is 0 Å². The van der Waals surface area contributed by atoms with Crippen molar-refractivity contribution >= 4 is 17.9 Å². The van der Waals surface area contributed by atoms with Crippen LogP contribution in [0.5, 0.6) is 0 Å². The molecule has 3 atom stereocenters. The van der Waals surface area contributed by atoms with Crippen molar-refractivity contribution in [3.8, 4) is 0 Å². The highest BCUT2D eigenvalue weighted by molar-refractivity contribution is 5.92. The number of rotatable bonds is 11. The first-order valence-electron chi connectivity index (χ1n) is 12.1. The Hall–Kier alpha value is -2.83. The molecule has 0 aliphatic carbocycles. The molecule has 0 bridgehead atoms. The van der Waals surface area contributed by atoms with E-state index in [1.165, 1.54) is 4.90 Å². The molecule has 0 fully saturated rings. The summed E-state index contributed by atoms with van der Waals surface area (Å²) in [5.41, 5.74) is 0.932. The maximum Gasteiger partial charge on any atom is 0.408 e. The molecule has 34 heavy (non-hydrogen) atoms. The molecular weight excluding hydrogens is 430 g/mol. The van der Waals surface area contributed by atoms with E-state index in [1.807, 2.05) is 52.0 Å². The lowest BCUT2D eigenvalue weighted by molar-refractivity contribution is -0.143. The highest BCUT2D eigenvalue weighted by Gasteiger charge is 2.37. The molecule has 1 aromatic rings. The van der Waals surface area contributed by atoms with Crippen molar-refractivity contribution in [2.45, 2.75) is 92.0 Å². The van der Waals surface area contributed by atoms with Crippen LogP contribution in [0, 0.1) is 12.8 Å². The van der Waals surface area contributed by atoms with E-state index in [1.54, 1.807) is 26.8 Å². The SMILES string of the molecule is C=CCN(C(=O)C(NC(=O)OC(C)(C)C)C(C)C)C(C(=O)NC(C)CCC)c1ccccc1C. The summed E-state index contributed by atoms with van der Waals surface area (Å²) in [6.45, 7) is 18.9. The van der Waals surface area contributed by atoms with E-state index in [9.17, 15) is 14.4 Å². The Morgan fingerprint density at radius 1 is 1.12 bits per heavy atom. The largest absolute Gasteiger partial charge is 0.444 e. The minimum absolute atomic E-state index is 0.0366. The smallest absolute Gasteiger partial charge is 0.408 e. The molecule has 190 valence electrons. The Balaban J connectivity index is 3.43. The average Bonchev–Trinajstić information content (AvgIpc) is 2.71. The number of hydrogen-bond acceptors (Lipinski definition) is 4. The lowest BCUT2D eigenvalue weighted by Gasteiger charge is -2.36. The first-order valence-corrected chi connectivity index (χ1v) is 12.1. The predicted molar refractivity (Wildman–Crippen MR) is 136 cm³/mol. The number of amides is 3. The molecular formula is C27H43N3O4. The second kappa shape index (κ2) is 13.2. The number of aryl methyl sites for hydroxylation is 1. The molecule has 1 rings (SSSR count). The van der Waals surface area contributed by atoms with Crippen LogP contribution in [0.25, 0.3) is 0 Å². The third kappa shape index (κ3) is 8.84. The van der Waals surface area contributed by atoms with Gasteiger partial charge in [0, 0.05) is 12.6 Å². The lowest BCUT2D eigenvalue weighted by atomic mass is 9.96. The fraction of sp³-hybridized carbons (Fsp3) is 0.593. The molecule has 7 nitrogen and oxygen atoms in total. The molecule has 0 heterocycles. The summed E-state index contributed by atoms with van der Waals surface area (Å²) in [5.74, 6) is -0.857. The summed E-state index contributed by atoms with van der Waals surface area (Å²) >= 11 is 0. The molecule has 0 aliphatic heterocycles. The first-order chi connectivity index (χ1) is 15.8. The van der Waals surface area contributed by atoms with Crippen molar-refractivity contribution < 1.29 is 19.1 Å². The van der Waals surface area contributed by atoms with Crippen LogP contribution in [0.1, 0.15) is 78.5 Å². The monoisotopic (exact) mass is 473 g/mol. The summed E-state index contributed by atoms with van der Waals surface area (Å²) < 4.78 is 5.38. The van der Waals surface area contributed by atoms with Gasteiger partial charge in [0.2, 0.25) is 11.8 Å². The predicted octanol–water partition coefficient (Wildman–Crippen LogP) is 4.90. The van der Waals surface area contributed by atoms with Crippen molar-refractivity contribution in [1.29, 1.82) is 0 Å². The molecule has 0 radical (unpaired) electrons. The van der Waals surface area contributed by atoms with Crippen LogP contribution in [0.15, 0.2) is 36.9 Å². The van der Waals surface area contributed by atoms with Crippen molar-refractivity contribution in [3.63, 3.8) is 0 Å². The Morgan fingerprint density at radius 3 is 2.24 bits per heavy atom. The van der Waals surface area contributed by atoms with Gasteiger partial charge in [0.05, 0.1) is 0 Å². The van der Waals surface area contributed by atoms with Crippen LogP contribution >= 0.6 is 0 Å². The lowest BCUT2D eigenvalue weighted by Crippen LogP contribution is -2.55. The average molecular weight is 474 g/mol. The zero-order chi connectivity index (χ0) is 26.1. The number of carbonyl (C=O) groups is 3. The number of nitrogens with one attached hydrogen (secondary N) is 2. The second-order valence-electron chi connectivity index (χ2n) is 10.1. The van der Waals surface area contributed by atoms with Gasteiger partial charge in [0.15, 0.2) is 0 Å². The fourth-order valence-corrected chi connectivity index (χ4v) is 3.76. The van der Waals surface area contributed by atoms with Gasteiger partial charge in [-0.15, -0.1) is 6.58 Å². The molecule has 1 aromatic carbocycles. The second-order valence-corrected chi connectivity index (χ2v) is 10.1. The van der Waals surface area contributed by atoms with Crippen molar-refractivity contribution in [2.24, 2.45) is 5.92 Å². The number of alkyl carbamates (subject to hydrolysis) is 1. The molecule has 0 aliphatic rings. The van der Waals surface area contributed by atoms with Gasteiger partial charge in [-0.05, 0) is 58.1 Å². The Morgan fingerprint density at radius 2 is 1.74 bits per heavy atom. The molecule has 3 amide bonds. The van der Waals surface area contributed by atoms with Crippen LogP contribution in [0.2, 0.25) is 0 Å². The number of nitrogens with zero attached hydrogens (tertiary/aromatic N) is 1. The van der Waals surface area contributed by atoms with Crippen LogP contribution in [-0.2, 0) is 14.3 Å². The maximum atomic E-state index is 13.8. The third-order valence-corrected chi connectivity index (χ3v) is 5.37. The molecule has 3 unspecified atom stereocenters. The highest BCUT2D eigenvalue weighted by atomic mass is 16.6. The molecule has 0 aromatic heterocycles. The Bertz CT molecular complexity index is 845. The van der Waals surface area contributed by atoms with Gasteiger partial charge in [-0.3, -0.25) is 9.59 Å². The summed E-state index contributed by atoms with van der Waals surface area (Å²) in [6, 6.07) is 5.75. The van der Waals surface area contributed by atoms with Crippen molar-refractivity contribution in [2.75, 3.05) is 6.54 Å². The van der Waals surface area contributed by atoms with Crippen molar-refractivity contribution in [1.82, 2.24) is 15.5 Å². The first kappa shape index (κ1) is 29.2. The highest BCUT2D eigenvalue weighted by Crippen LogP contribution is 2.26. The summed E-state index contributed by atoms with van der Waals surface area (Å²) in [6.07, 6.45) is 2.68. The van der Waals surface area contributed by atoms with E-state index in [4.69, 9.17) is 4.74 Å². The summed E-state index contributed by atoms with van der Waals surface area (Å²) in [7, 11) is 0. The maximum absolute atomic E-state index is 13.8. The molecule has 0 spiro atoms. The zero-order valence-corrected chi connectivity index (χ0v) is 22.1. The van der Waals surface area contributed by atoms with Gasteiger partial charge in [-0.1, -0.05) is 57.5 Å². The third-order valence-electron chi connectivity index (χ3n) is 5.37. The van der Waals surface area contributed by atoms with Gasteiger partial charge in [-0.2, -0.15) is 0 Å². The van der Waals surface area contributed by atoms with Gasteiger partial charge >= 0.3 is 6.09 Å². The standard InChI is InChI=1S/C27H43N3O4/c1-10-14-20(6)28-24(31)23(21-16-13-12-15-19(21)5)30(17-11-2)25(32)22(18(3)4)29-26(33)34-27(7,8)9/h11-13,15-16,18,20,22-23H,2,10,14,17H2,1,3-9H3,(H,28,31)(H,29,33). The topological polar surface area (TPSA) is 87.7 Å². The Labute approximate surface area is 205 Å². The van der Waals surface area contributed by atoms with E-state index in [-0.39, 0.29) is 30.3 Å². The Kier molecular flexibility index (Phi) is 11.3. The van der Waals surface area contributed by atoms with Gasteiger partial charge < -0.3 is 20.3 Å². The van der Waals surface area contributed by atoms with Crippen molar-refractivity contribution in [3.05, 3.63) is 48.0 Å². The number of carbonyl (C=O) groups excluding carboxylic acids is 3. The molecule has 2 N–H and O–H groups in total. The van der Waals surface area contributed by atoms with E-state index in [0.717, 1.165) is 24.0 Å². The van der Waals surface area contributed by atoms with E-state index in [2.05, 4.69) is 24.1 Å². The van der Waals surface area contributed by atoms with Gasteiger partial charge in [-0.25, -0.2) is 4.79 Å². The quantitative estimate of drug-likeness (QED) is 0.447. The normalized spacial score (nSPS) is 14.0. The van der Waals surface area contributed by atoms with Crippen LogP contribution in [0.4, 0.5) is 4.79 Å². The minimum Gasteiger partial charge on any atom is -0.444 e. The van der Waals surface area contributed by atoms with Crippen LogP contribution in [-0.4, -0.2) is 47.0 Å². The summed E-state index contributed by atoms with van der Waals surface area (Å²) in [5, 5.41) is 5.78. The van der Waals surface area contributed by atoms with Crippen LogP contribution < -0.4 is 10.6 Å². The van der Waals surface area contributed by atoms with E-state index < -0.39 is 23.8 Å². The fourth-order valence-electron chi connectivity index (χ4n) is 3.76. The molecule has 0 saturated heterocycles. The number of benzene rings is 1. The van der Waals surface area contributed by atoms with Gasteiger partial charge in [0.25, 0.3) is 0 Å². The molecule has 7 heteroatoms. The molecule has 0 saturated carbocycles. The number of hydrogen-bond donors (Lipinski definition) is 2. The summed E-state index contributed by atoms with van der Waals surface area (Å²) in [4.78, 5) is 41.4. The number of ether oxygens (including phenoxy) is 1. The van der Waals surface area contributed by atoms with E-state index >= 15 is 0 Å². The van der Waals surface area contributed by atoms with Gasteiger partial charge in [0.1, 0.15) is 17.7 Å². The minimum atomic E-state index is -0.873.